The normalized spacial score (nSPS) is 20.2. The Morgan fingerprint density at radius 3 is 2.95 bits per heavy atom. The van der Waals surface area contributed by atoms with E-state index in [1.54, 1.807) is 0 Å². The number of nitriles is 1. The van der Waals surface area contributed by atoms with Crippen LogP contribution in [0.1, 0.15) is 56.7 Å². The Morgan fingerprint density at radius 1 is 1.43 bits per heavy atom. The van der Waals surface area contributed by atoms with Crippen molar-refractivity contribution in [1.82, 2.24) is 10.2 Å². The fourth-order valence-corrected chi connectivity index (χ4v) is 3.17. The van der Waals surface area contributed by atoms with E-state index in [1.807, 2.05) is 18.2 Å². The highest BCUT2D eigenvalue weighted by atomic mass is 15.2. The zero-order valence-corrected chi connectivity index (χ0v) is 13.3. The molecule has 21 heavy (non-hydrogen) atoms. The number of benzene rings is 1. The van der Waals surface area contributed by atoms with Crippen LogP contribution in [0.15, 0.2) is 24.3 Å². The molecule has 1 aliphatic rings. The second-order valence-corrected chi connectivity index (χ2v) is 6.06. The molecule has 1 aromatic rings. The molecule has 0 aliphatic carbocycles. The average Bonchev–Trinajstić information content (AvgIpc) is 2.55. The van der Waals surface area contributed by atoms with E-state index < -0.39 is 0 Å². The maximum atomic E-state index is 9.07. The molecule has 2 unspecified atom stereocenters. The lowest BCUT2D eigenvalue weighted by molar-refractivity contribution is 0.176. The topological polar surface area (TPSA) is 39.1 Å². The maximum absolute atomic E-state index is 9.07. The Labute approximate surface area is 129 Å². The van der Waals surface area contributed by atoms with Gasteiger partial charge in [-0.3, -0.25) is 4.90 Å². The van der Waals surface area contributed by atoms with Crippen LogP contribution in [-0.2, 0) is 0 Å². The monoisotopic (exact) mass is 285 g/mol. The molecule has 0 amide bonds. The molecule has 1 fully saturated rings. The van der Waals surface area contributed by atoms with Crippen molar-refractivity contribution in [2.75, 3.05) is 19.6 Å². The van der Waals surface area contributed by atoms with Crippen molar-refractivity contribution in [2.45, 2.75) is 51.6 Å². The van der Waals surface area contributed by atoms with Crippen LogP contribution in [0.2, 0.25) is 0 Å². The van der Waals surface area contributed by atoms with Gasteiger partial charge in [0.25, 0.3) is 0 Å². The molecular formula is C18H27N3. The van der Waals surface area contributed by atoms with Crippen LogP contribution in [-0.4, -0.2) is 30.6 Å². The van der Waals surface area contributed by atoms with Crippen LogP contribution in [0, 0.1) is 11.3 Å². The Bertz CT molecular complexity index is 472. The summed E-state index contributed by atoms with van der Waals surface area (Å²) in [6.07, 6.45) is 5.10. The molecule has 2 rings (SSSR count). The summed E-state index contributed by atoms with van der Waals surface area (Å²) in [6.45, 7) is 7.86. The Kier molecular flexibility index (Phi) is 6.22. The van der Waals surface area contributed by atoms with Crippen molar-refractivity contribution in [2.24, 2.45) is 0 Å². The Morgan fingerprint density at radius 2 is 2.29 bits per heavy atom. The molecule has 1 aromatic carbocycles. The summed E-state index contributed by atoms with van der Waals surface area (Å²) in [5, 5.41) is 12.7. The molecule has 114 valence electrons. The highest BCUT2D eigenvalue weighted by Crippen LogP contribution is 2.22. The minimum atomic E-state index is 0.363. The zero-order valence-electron chi connectivity index (χ0n) is 13.3. The van der Waals surface area contributed by atoms with Crippen molar-refractivity contribution >= 4 is 0 Å². The molecule has 3 heteroatoms. The van der Waals surface area contributed by atoms with Gasteiger partial charge in [0, 0.05) is 18.6 Å². The molecule has 0 radical (unpaired) electrons. The zero-order chi connectivity index (χ0) is 15.1. The van der Waals surface area contributed by atoms with Crippen LogP contribution in [0.25, 0.3) is 0 Å². The maximum Gasteiger partial charge on any atom is 0.0991 e. The molecule has 0 spiro atoms. The van der Waals surface area contributed by atoms with Crippen LogP contribution in [0.5, 0.6) is 0 Å². The van der Waals surface area contributed by atoms with Crippen molar-refractivity contribution in [3.63, 3.8) is 0 Å². The van der Waals surface area contributed by atoms with E-state index in [4.69, 9.17) is 5.26 Å². The summed E-state index contributed by atoms with van der Waals surface area (Å²) in [5.41, 5.74) is 2.00. The quantitative estimate of drug-likeness (QED) is 0.870. The molecule has 1 saturated heterocycles. The van der Waals surface area contributed by atoms with Gasteiger partial charge in [0.2, 0.25) is 0 Å². The van der Waals surface area contributed by atoms with Crippen molar-refractivity contribution in [3.8, 4) is 6.07 Å². The second kappa shape index (κ2) is 8.17. The molecule has 0 saturated carbocycles. The van der Waals surface area contributed by atoms with Gasteiger partial charge >= 0.3 is 0 Å². The SMILES string of the molecule is CCCN(CC1CCCCN1)C(C)c1cccc(C#N)c1. The lowest BCUT2D eigenvalue weighted by atomic mass is 10.0. The fraction of sp³-hybridized carbons (Fsp3) is 0.611. The standard InChI is InChI=1S/C18H27N3/c1-3-11-21(14-18-9-4-5-10-20-18)15(2)17-8-6-7-16(12-17)13-19/h6-8,12,15,18,20H,3-5,9-11,14H2,1-2H3. The predicted molar refractivity (Wildman–Crippen MR) is 87.1 cm³/mol. The third-order valence-electron chi connectivity index (χ3n) is 4.42. The molecule has 1 N–H and O–H groups in total. The highest BCUT2D eigenvalue weighted by molar-refractivity contribution is 5.34. The summed E-state index contributed by atoms with van der Waals surface area (Å²) in [4.78, 5) is 2.56. The second-order valence-electron chi connectivity index (χ2n) is 6.06. The highest BCUT2D eigenvalue weighted by Gasteiger charge is 2.21. The lowest BCUT2D eigenvalue weighted by Gasteiger charge is -2.34. The number of hydrogen-bond donors (Lipinski definition) is 1. The largest absolute Gasteiger partial charge is 0.313 e. The fourth-order valence-electron chi connectivity index (χ4n) is 3.17. The third-order valence-corrected chi connectivity index (χ3v) is 4.42. The van der Waals surface area contributed by atoms with Gasteiger partial charge in [0.1, 0.15) is 0 Å². The average molecular weight is 285 g/mol. The number of nitrogens with zero attached hydrogens (tertiary/aromatic N) is 2. The molecule has 0 aromatic heterocycles. The van der Waals surface area contributed by atoms with Gasteiger partial charge in [-0.25, -0.2) is 0 Å². The minimum absolute atomic E-state index is 0.363. The van der Waals surface area contributed by atoms with Crippen LogP contribution < -0.4 is 5.32 Å². The predicted octanol–water partition coefficient (Wildman–Crippen LogP) is 3.47. The van der Waals surface area contributed by atoms with Crippen molar-refractivity contribution in [1.29, 1.82) is 5.26 Å². The first-order valence-corrected chi connectivity index (χ1v) is 8.22. The summed E-state index contributed by atoms with van der Waals surface area (Å²) in [7, 11) is 0. The third kappa shape index (κ3) is 4.56. The summed E-state index contributed by atoms with van der Waals surface area (Å²) in [6, 6.07) is 11.3. The molecule has 1 aliphatic heterocycles. The summed E-state index contributed by atoms with van der Waals surface area (Å²) < 4.78 is 0. The Hall–Kier alpha value is -1.37. The van der Waals surface area contributed by atoms with Crippen LogP contribution >= 0.6 is 0 Å². The van der Waals surface area contributed by atoms with Crippen molar-refractivity contribution in [3.05, 3.63) is 35.4 Å². The molecule has 2 atom stereocenters. The van der Waals surface area contributed by atoms with E-state index in [1.165, 1.54) is 24.8 Å². The Balaban J connectivity index is 2.06. The van der Waals surface area contributed by atoms with Gasteiger partial charge in [0.15, 0.2) is 0 Å². The van der Waals surface area contributed by atoms with Crippen molar-refractivity contribution < 1.29 is 0 Å². The van der Waals surface area contributed by atoms with E-state index >= 15 is 0 Å². The number of nitrogens with one attached hydrogen (secondary N) is 1. The van der Waals surface area contributed by atoms with Gasteiger partial charge in [-0.15, -0.1) is 0 Å². The molecule has 3 nitrogen and oxygen atoms in total. The summed E-state index contributed by atoms with van der Waals surface area (Å²) in [5.74, 6) is 0. The van der Waals surface area contributed by atoms with Crippen LogP contribution in [0.4, 0.5) is 0 Å². The lowest BCUT2D eigenvalue weighted by Crippen LogP contribution is -2.44. The van der Waals surface area contributed by atoms with E-state index in [2.05, 4.69) is 36.2 Å². The van der Waals surface area contributed by atoms with E-state index in [0.29, 0.717) is 12.1 Å². The van der Waals surface area contributed by atoms with Gasteiger partial charge in [-0.05, 0) is 57.0 Å². The minimum Gasteiger partial charge on any atom is -0.313 e. The van der Waals surface area contributed by atoms with E-state index in [0.717, 1.165) is 31.6 Å². The van der Waals surface area contributed by atoms with E-state index in [9.17, 15) is 0 Å². The molecule has 1 heterocycles. The summed E-state index contributed by atoms with van der Waals surface area (Å²) >= 11 is 0. The first-order valence-electron chi connectivity index (χ1n) is 8.22. The van der Waals surface area contributed by atoms with Gasteiger partial charge in [-0.2, -0.15) is 5.26 Å². The number of hydrogen-bond acceptors (Lipinski definition) is 3. The number of piperidine rings is 1. The molecular weight excluding hydrogens is 258 g/mol. The first kappa shape index (κ1) is 16.0. The van der Waals surface area contributed by atoms with Gasteiger partial charge < -0.3 is 5.32 Å². The van der Waals surface area contributed by atoms with E-state index in [-0.39, 0.29) is 0 Å². The number of rotatable bonds is 6. The first-order chi connectivity index (χ1) is 10.2. The molecule has 0 bridgehead atoms. The van der Waals surface area contributed by atoms with Gasteiger partial charge in [0.05, 0.1) is 11.6 Å². The van der Waals surface area contributed by atoms with Gasteiger partial charge in [-0.1, -0.05) is 25.5 Å². The smallest absolute Gasteiger partial charge is 0.0991 e. The van der Waals surface area contributed by atoms with Crippen LogP contribution in [0.3, 0.4) is 0 Å².